The first-order valence-electron chi connectivity index (χ1n) is 7.51. The molecule has 0 saturated heterocycles. The van der Waals surface area contributed by atoms with E-state index in [1.807, 2.05) is 6.07 Å². The van der Waals surface area contributed by atoms with Gasteiger partial charge in [0.15, 0.2) is 0 Å². The van der Waals surface area contributed by atoms with Gasteiger partial charge < -0.3 is 10.1 Å². The standard InChI is InChI=1S/C18H15N3O4/c1-25-11-12-4-2-5-13(10-12)18(22)20-15-7-8-16(21(23)24)17-14(15)6-3-9-19-17/h2-10H,11H2,1H3,(H,20,22). The predicted molar refractivity (Wildman–Crippen MR) is 93.5 cm³/mol. The number of fused-ring (bicyclic) bond motifs is 1. The van der Waals surface area contributed by atoms with E-state index >= 15 is 0 Å². The molecule has 3 rings (SSSR count). The highest BCUT2D eigenvalue weighted by molar-refractivity contribution is 6.09. The summed E-state index contributed by atoms with van der Waals surface area (Å²) in [6.45, 7) is 0.408. The van der Waals surface area contributed by atoms with Crippen molar-refractivity contribution >= 4 is 28.2 Å². The maximum absolute atomic E-state index is 12.5. The number of pyridine rings is 1. The molecular formula is C18H15N3O4. The maximum atomic E-state index is 12.5. The zero-order valence-corrected chi connectivity index (χ0v) is 13.4. The molecule has 1 N–H and O–H groups in total. The zero-order valence-electron chi connectivity index (χ0n) is 13.4. The van der Waals surface area contributed by atoms with Crippen molar-refractivity contribution in [3.63, 3.8) is 0 Å². The van der Waals surface area contributed by atoms with E-state index in [1.165, 1.54) is 18.3 Å². The van der Waals surface area contributed by atoms with Gasteiger partial charge in [0.05, 0.1) is 17.2 Å². The van der Waals surface area contributed by atoms with Gasteiger partial charge in [-0.3, -0.25) is 14.9 Å². The Hall–Kier alpha value is -3.32. The second-order valence-corrected chi connectivity index (χ2v) is 5.38. The molecule has 1 heterocycles. The summed E-state index contributed by atoms with van der Waals surface area (Å²) < 4.78 is 5.07. The Morgan fingerprint density at radius 2 is 2.08 bits per heavy atom. The molecule has 2 aromatic carbocycles. The van der Waals surface area contributed by atoms with Crippen molar-refractivity contribution in [3.8, 4) is 0 Å². The van der Waals surface area contributed by atoms with Crippen LogP contribution in [0, 0.1) is 10.1 Å². The molecule has 0 atom stereocenters. The van der Waals surface area contributed by atoms with Gasteiger partial charge in [-0.05, 0) is 35.9 Å². The molecule has 1 amide bonds. The first-order chi connectivity index (χ1) is 12.1. The number of non-ortho nitro benzene ring substituents is 1. The van der Waals surface area contributed by atoms with Crippen molar-refractivity contribution < 1.29 is 14.5 Å². The van der Waals surface area contributed by atoms with Crippen LogP contribution in [0.1, 0.15) is 15.9 Å². The average molecular weight is 337 g/mol. The summed E-state index contributed by atoms with van der Waals surface area (Å²) in [6, 6.07) is 13.3. The molecule has 0 saturated carbocycles. The lowest BCUT2D eigenvalue weighted by atomic mass is 10.1. The highest BCUT2D eigenvalue weighted by atomic mass is 16.6. The number of rotatable bonds is 5. The van der Waals surface area contributed by atoms with Crippen LogP contribution in [0.15, 0.2) is 54.7 Å². The Morgan fingerprint density at radius 3 is 2.84 bits per heavy atom. The summed E-state index contributed by atoms with van der Waals surface area (Å²) in [5.74, 6) is -0.308. The Bertz CT molecular complexity index is 956. The average Bonchev–Trinajstić information content (AvgIpc) is 2.62. The van der Waals surface area contributed by atoms with E-state index in [9.17, 15) is 14.9 Å². The number of nitrogens with one attached hydrogen (secondary N) is 1. The number of anilines is 1. The number of methoxy groups -OCH3 is 1. The molecule has 0 bridgehead atoms. The lowest BCUT2D eigenvalue weighted by Gasteiger charge is -2.09. The monoisotopic (exact) mass is 337 g/mol. The fourth-order valence-electron chi connectivity index (χ4n) is 2.58. The Morgan fingerprint density at radius 1 is 1.24 bits per heavy atom. The molecule has 25 heavy (non-hydrogen) atoms. The van der Waals surface area contributed by atoms with Gasteiger partial charge in [0.25, 0.3) is 11.6 Å². The number of carbonyl (C=O) groups excluding carboxylic acids is 1. The van der Waals surface area contributed by atoms with Gasteiger partial charge in [-0.2, -0.15) is 0 Å². The van der Waals surface area contributed by atoms with E-state index in [0.29, 0.717) is 23.2 Å². The number of nitro groups is 1. The van der Waals surface area contributed by atoms with E-state index in [4.69, 9.17) is 4.74 Å². The molecule has 7 nitrogen and oxygen atoms in total. The summed E-state index contributed by atoms with van der Waals surface area (Å²) >= 11 is 0. The first-order valence-corrected chi connectivity index (χ1v) is 7.51. The molecule has 0 aliphatic heterocycles. The molecule has 1 aromatic heterocycles. The minimum Gasteiger partial charge on any atom is -0.380 e. The SMILES string of the molecule is COCc1cccc(C(=O)Nc2ccc([N+](=O)[O-])c3ncccc23)c1. The van der Waals surface area contributed by atoms with Crippen molar-refractivity contribution in [1.82, 2.24) is 4.98 Å². The number of amides is 1. The van der Waals surface area contributed by atoms with Gasteiger partial charge >= 0.3 is 0 Å². The van der Waals surface area contributed by atoms with Gasteiger partial charge in [-0.1, -0.05) is 12.1 Å². The molecule has 0 spiro atoms. The fourth-order valence-corrected chi connectivity index (χ4v) is 2.58. The molecule has 126 valence electrons. The number of hydrogen-bond acceptors (Lipinski definition) is 5. The number of nitrogens with zero attached hydrogens (tertiary/aromatic N) is 2. The molecule has 3 aromatic rings. The van der Waals surface area contributed by atoms with Crippen LogP contribution < -0.4 is 5.32 Å². The number of ether oxygens (including phenoxy) is 1. The number of aromatic nitrogens is 1. The third kappa shape index (κ3) is 3.46. The Labute approximate surface area is 143 Å². The van der Waals surface area contributed by atoms with Crippen molar-refractivity contribution in [2.24, 2.45) is 0 Å². The second-order valence-electron chi connectivity index (χ2n) is 5.38. The van der Waals surface area contributed by atoms with Crippen LogP contribution in [-0.4, -0.2) is 22.9 Å². The van der Waals surface area contributed by atoms with Crippen LogP contribution in [0.4, 0.5) is 11.4 Å². The summed E-state index contributed by atoms with van der Waals surface area (Å²) in [4.78, 5) is 27.2. The third-order valence-electron chi connectivity index (χ3n) is 3.69. The smallest absolute Gasteiger partial charge is 0.295 e. The van der Waals surface area contributed by atoms with Crippen molar-refractivity contribution in [2.45, 2.75) is 6.61 Å². The lowest BCUT2D eigenvalue weighted by molar-refractivity contribution is -0.383. The first kappa shape index (κ1) is 16.5. The zero-order chi connectivity index (χ0) is 17.8. The fraction of sp³-hybridized carbons (Fsp3) is 0.111. The summed E-state index contributed by atoms with van der Waals surface area (Å²) in [5.41, 5.74) is 1.96. The van der Waals surface area contributed by atoms with Gasteiger partial charge in [-0.25, -0.2) is 4.98 Å². The topological polar surface area (TPSA) is 94.4 Å². The Balaban J connectivity index is 1.95. The van der Waals surface area contributed by atoms with E-state index in [1.54, 1.807) is 37.4 Å². The summed E-state index contributed by atoms with van der Waals surface area (Å²) in [5, 5.41) is 14.4. The number of nitro benzene ring substituents is 1. The quantitative estimate of drug-likeness (QED) is 0.567. The Kier molecular flexibility index (Phi) is 4.67. The van der Waals surface area contributed by atoms with E-state index in [2.05, 4.69) is 10.3 Å². The molecular weight excluding hydrogens is 322 g/mol. The van der Waals surface area contributed by atoms with Crippen LogP contribution in [0.25, 0.3) is 10.9 Å². The van der Waals surface area contributed by atoms with E-state index < -0.39 is 4.92 Å². The minimum absolute atomic E-state index is 0.101. The van der Waals surface area contributed by atoms with Crippen molar-refractivity contribution in [2.75, 3.05) is 12.4 Å². The minimum atomic E-state index is -0.491. The number of carbonyl (C=O) groups is 1. The van der Waals surface area contributed by atoms with Crippen molar-refractivity contribution in [3.05, 3.63) is 76.0 Å². The van der Waals surface area contributed by atoms with Crippen molar-refractivity contribution in [1.29, 1.82) is 0 Å². The van der Waals surface area contributed by atoms with E-state index in [-0.39, 0.29) is 17.1 Å². The normalized spacial score (nSPS) is 10.6. The number of benzene rings is 2. The second kappa shape index (κ2) is 7.06. The van der Waals surface area contributed by atoms with E-state index in [0.717, 1.165) is 5.56 Å². The third-order valence-corrected chi connectivity index (χ3v) is 3.69. The lowest BCUT2D eigenvalue weighted by Crippen LogP contribution is -2.12. The highest BCUT2D eigenvalue weighted by Gasteiger charge is 2.17. The maximum Gasteiger partial charge on any atom is 0.295 e. The van der Waals surface area contributed by atoms with Gasteiger partial charge in [0, 0.05) is 30.3 Å². The highest BCUT2D eigenvalue weighted by Crippen LogP contribution is 2.29. The van der Waals surface area contributed by atoms with Crippen LogP contribution in [0.2, 0.25) is 0 Å². The summed E-state index contributed by atoms with van der Waals surface area (Å²) in [6.07, 6.45) is 1.48. The van der Waals surface area contributed by atoms with Gasteiger partial charge in [-0.15, -0.1) is 0 Å². The van der Waals surface area contributed by atoms with Crippen LogP contribution >= 0.6 is 0 Å². The van der Waals surface area contributed by atoms with Gasteiger partial charge in [0.1, 0.15) is 5.52 Å². The molecule has 0 aliphatic rings. The van der Waals surface area contributed by atoms with Crippen LogP contribution in [0.3, 0.4) is 0 Å². The summed E-state index contributed by atoms with van der Waals surface area (Å²) in [7, 11) is 1.59. The van der Waals surface area contributed by atoms with Crippen LogP contribution in [-0.2, 0) is 11.3 Å². The largest absolute Gasteiger partial charge is 0.380 e. The number of hydrogen-bond donors (Lipinski definition) is 1. The van der Waals surface area contributed by atoms with Gasteiger partial charge in [0.2, 0.25) is 0 Å². The predicted octanol–water partition coefficient (Wildman–Crippen LogP) is 3.54. The molecule has 0 fully saturated rings. The molecule has 0 radical (unpaired) electrons. The molecule has 0 unspecified atom stereocenters. The molecule has 7 heteroatoms. The van der Waals surface area contributed by atoms with Crippen LogP contribution in [0.5, 0.6) is 0 Å². The molecule has 0 aliphatic carbocycles.